The minimum Gasteiger partial charge on any atom is -0.391 e. The second kappa shape index (κ2) is 11.9. The van der Waals surface area contributed by atoms with E-state index in [9.17, 15) is 29.0 Å². The number of rotatable bonds is 11. The smallest absolute Gasteiger partial charge is 0.245 e. The van der Waals surface area contributed by atoms with Crippen LogP contribution in [0.25, 0.3) is 0 Å². The standard InChI is InChI=1S/C19H27FN4O5/c1-11(25)17(23-12(2)26)19(29)24-16(8-7-15(27)9-21)18(28)22-10-13-3-5-14(20)6-4-13/h3-6,9,11,15-17,21,25,27H,7-8,10H2,1-2H3,(H,22,28)(H,23,26)(H,24,29)/t11?,15?,16-,17-/m0/s1. The van der Waals surface area contributed by atoms with Gasteiger partial charge in [0, 0.05) is 19.7 Å². The summed E-state index contributed by atoms with van der Waals surface area (Å²) in [7, 11) is 0. The van der Waals surface area contributed by atoms with Crippen LogP contribution in [0, 0.1) is 11.2 Å². The van der Waals surface area contributed by atoms with Crippen molar-refractivity contribution in [1.82, 2.24) is 16.0 Å². The molecule has 0 fully saturated rings. The molecule has 6 N–H and O–H groups in total. The van der Waals surface area contributed by atoms with Gasteiger partial charge >= 0.3 is 0 Å². The summed E-state index contributed by atoms with van der Waals surface area (Å²) in [6.45, 7) is 2.60. The maximum absolute atomic E-state index is 13.0. The molecule has 0 saturated heterocycles. The highest BCUT2D eigenvalue weighted by atomic mass is 19.1. The molecule has 2 unspecified atom stereocenters. The van der Waals surface area contributed by atoms with Crippen LogP contribution in [-0.2, 0) is 20.9 Å². The highest BCUT2D eigenvalue weighted by molar-refractivity contribution is 5.92. The van der Waals surface area contributed by atoms with Gasteiger partial charge in [0.1, 0.15) is 17.9 Å². The number of carbonyl (C=O) groups is 3. The van der Waals surface area contributed by atoms with Crippen LogP contribution in [0.3, 0.4) is 0 Å². The quantitative estimate of drug-likeness (QED) is 0.274. The van der Waals surface area contributed by atoms with Crippen LogP contribution in [-0.4, -0.2) is 58.4 Å². The van der Waals surface area contributed by atoms with Crippen LogP contribution in [0.2, 0.25) is 0 Å². The molecular formula is C19H27FN4O5. The lowest BCUT2D eigenvalue weighted by molar-refractivity contribution is -0.134. The molecule has 9 nitrogen and oxygen atoms in total. The summed E-state index contributed by atoms with van der Waals surface area (Å²) in [4.78, 5) is 36.2. The number of carbonyl (C=O) groups excluding carboxylic acids is 3. The molecular weight excluding hydrogens is 383 g/mol. The van der Waals surface area contributed by atoms with Gasteiger partial charge < -0.3 is 31.6 Å². The number of benzene rings is 1. The molecule has 0 spiro atoms. The summed E-state index contributed by atoms with van der Waals surface area (Å²) in [6.07, 6.45) is -1.41. The van der Waals surface area contributed by atoms with Crippen molar-refractivity contribution >= 4 is 23.9 Å². The first-order valence-corrected chi connectivity index (χ1v) is 9.10. The molecule has 160 valence electrons. The van der Waals surface area contributed by atoms with E-state index in [1.807, 2.05) is 0 Å². The number of halogens is 1. The maximum Gasteiger partial charge on any atom is 0.245 e. The second-order valence-electron chi connectivity index (χ2n) is 6.64. The number of hydrogen-bond donors (Lipinski definition) is 6. The Bertz CT molecular complexity index is 711. The van der Waals surface area contributed by atoms with E-state index in [1.54, 1.807) is 0 Å². The van der Waals surface area contributed by atoms with Gasteiger partial charge in [0.05, 0.1) is 12.2 Å². The highest BCUT2D eigenvalue weighted by Gasteiger charge is 2.29. The number of amides is 3. The Labute approximate surface area is 168 Å². The molecule has 0 heterocycles. The largest absolute Gasteiger partial charge is 0.391 e. The molecule has 3 amide bonds. The first kappa shape index (κ1) is 24.2. The van der Waals surface area contributed by atoms with E-state index in [-0.39, 0.29) is 19.4 Å². The van der Waals surface area contributed by atoms with Gasteiger partial charge in [-0.2, -0.15) is 0 Å². The van der Waals surface area contributed by atoms with Crippen molar-refractivity contribution < 1.29 is 29.0 Å². The summed E-state index contributed by atoms with van der Waals surface area (Å²) in [5, 5.41) is 33.7. The third kappa shape index (κ3) is 8.79. The van der Waals surface area contributed by atoms with Gasteiger partial charge in [0.15, 0.2) is 0 Å². The van der Waals surface area contributed by atoms with Gasteiger partial charge in [0.25, 0.3) is 0 Å². The van der Waals surface area contributed by atoms with Gasteiger partial charge in [-0.3, -0.25) is 14.4 Å². The third-order valence-corrected chi connectivity index (χ3v) is 4.08. The molecule has 1 rings (SSSR count). The van der Waals surface area contributed by atoms with Crippen molar-refractivity contribution in [1.29, 1.82) is 5.41 Å². The van der Waals surface area contributed by atoms with E-state index in [2.05, 4.69) is 16.0 Å². The SMILES string of the molecule is CC(=O)N[C@H](C(=O)N[C@@H](CCC(O)C=N)C(=O)NCc1ccc(F)cc1)C(C)O. The molecule has 0 radical (unpaired) electrons. The summed E-state index contributed by atoms with van der Waals surface area (Å²) < 4.78 is 13.0. The van der Waals surface area contributed by atoms with Gasteiger partial charge in [-0.15, -0.1) is 0 Å². The lowest BCUT2D eigenvalue weighted by atomic mass is 10.1. The topological polar surface area (TPSA) is 152 Å². The predicted octanol–water partition coefficient (Wildman–Crippen LogP) is -0.397. The Kier molecular flexibility index (Phi) is 9.90. The van der Waals surface area contributed by atoms with Crippen LogP contribution in [0.15, 0.2) is 24.3 Å². The van der Waals surface area contributed by atoms with Crippen molar-refractivity contribution in [3.8, 4) is 0 Å². The lowest BCUT2D eigenvalue weighted by Crippen LogP contribution is -2.56. The number of aliphatic hydroxyl groups is 2. The Hall–Kier alpha value is -2.85. The van der Waals surface area contributed by atoms with Crippen molar-refractivity contribution in [2.24, 2.45) is 0 Å². The molecule has 0 aliphatic heterocycles. The first-order valence-electron chi connectivity index (χ1n) is 9.10. The van der Waals surface area contributed by atoms with Gasteiger partial charge in [-0.05, 0) is 37.5 Å². The average molecular weight is 410 g/mol. The van der Waals surface area contributed by atoms with Gasteiger partial charge in [0.2, 0.25) is 17.7 Å². The monoisotopic (exact) mass is 410 g/mol. The fraction of sp³-hybridized carbons (Fsp3) is 0.474. The molecule has 0 saturated carbocycles. The molecule has 0 aliphatic rings. The minimum absolute atomic E-state index is 0.0180. The summed E-state index contributed by atoms with van der Waals surface area (Å²) in [6, 6.07) is 3.17. The lowest BCUT2D eigenvalue weighted by Gasteiger charge is -2.24. The normalized spacial score (nSPS) is 14.8. The van der Waals surface area contributed by atoms with E-state index < -0.39 is 47.8 Å². The van der Waals surface area contributed by atoms with Crippen LogP contribution in [0.5, 0.6) is 0 Å². The van der Waals surface area contributed by atoms with Crippen molar-refractivity contribution in [2.45, 2.75) is 57.5 Å². The summed E-state index contributed by atoms with van der Waals surface area (Å²) in [5.41, 5.74) is 0.643. The predicted molar refractivity (Wildman–Crippen MR) is 103 cm³/mol. The summed E-state index contributed by atoms with van der Waals surface area (Å²) in [5.74, 6) is -2.26. The fourth-order valence-corrected chi connectivity index (χ4v) is 2.49. The maximum atomic E-state index is 13.0. The Morgan fingerprint density at radius 2 is 1.72 bits per heavy atom. The number of aliphatic hydroxyl groups excluding tert-OH is 2. The van der Waals surface area contributed by atoms with Crippen LogP contribution >= 0.6 is 0 Å². The third-order valence-electron chi connectivity index (χ3n) is 4.08. The number of hydrogen-bond acceptors (Lipinski definition) is 6. The second-order valence-corrected chi connectivity index (χ2v) is 6.64. The van der Waals surface area contributed by atoms with Crippen LogP contribution < -0.4 is 16.0 Å². The molecule has 29 heavy (non-hydrogen) atoms. The Morgan fingerprint density at radius 3 is 2.24 bits per heavy atom. The van der Waals surface area contributed by atoms with Gasteiger partial charge in [-0.25, -0.2) is 4.39 Å². The van der Waals surface area contributed by atoms with E-state index in [0.29, 0.717) is 5.56 Å². The van der Waals surface area contributed by atoms with E-state index >= 15 is 0 Å². The molecule has 1 aromatic rings. The van der Waals surface area contributed by atoms with E-state index in [4.69, 9.17) is 5.41 Å². The zero-order chi connectivity index (χ0) is 22.0. The molecule has 1 aromatic carbocycles. The Morgan fingerprint density at radius 1 is 1.10 bits per heavy atom. The molecule has 10 heteroatoms. The molecule has 4 atom stereocenters. The highest BCUT2D eigenvalue weighted by Crippen LogP contribution is 2.06. The summed E-state index contributed by atoms with van der Waals surface area (Å²) >= 11 is 0. The van der Waals surface area contributed by atoms with Crippen molar-refractivity contribution in [2.75, 3.05) is 0 Å². The van der Waals surface area contributed by atoms with E-state index in [1.165, 1.54) is 38.1 Å². The van der Waals surface area contributed by atoms with Crippen LogP contribution in [0.4, 0.5) is 4.39 Å². The Balaban J connectivity index is 2.83. The van der Waals surface area contributed by atoms with Crippen LogP contribution in [0.1, 0.15) is 32.3 Å². The molecule has 0 aliphatic carbocycles. The van der Waals surface area contributed by atoms with Crippen molar-refractivity contribution in [3.05, 3.63) is 35.6 Å². The fourth-order valence-electron chi connectivity index (χ4n) is 2.49. The zero-order valence-electron chi connectivity index (χ0n) is 16.3. The number of nitrogens with one attached hydrogen (secondary N) is 4. The minimum atomic E-state index is -1.26. The van der Waals surface area contributed by atoms with Gasteiger partial charge in [-0.1, -0.05) is 12.1 Å². The molecule has 0 bridgehead atoms. The zero-order valence-corrected chi connectivity index (χ0v) is 16.3. The first-order chi connectivity index (χ1) is 13.6. The van der Waals surface area contributed by atoms with E-state index in [0.717, 1.165) is 6.21 Å². The molecule has 0 aromatic heterocycles. The van der Waals surface area contributed by atoms with Crippen molar-refractivity contribution in [3.63, 3.8) is 0 Å². The average Bonchev–Trinajstić information content (AvgIpc) is 2.67.